The van der Waals surface area contributed by atoms with Crippen molar-refractivity contribution in [3.8, 4) is 11.5 Å². The third-order valence-electron chi connectivity index (χ3n) is 3.19. The van der Waals surface area contributed by atoms with Crippen molar-refractivity contribution in [3.63, 3.8) is 0 Å². The van der Waals surface area contributed by atoms with Crippen LogP contribution in [0.3, 0.4) is 0 Å². The van der Waals surface area contributed by atoms with Crippen LogP contribution in [0.5, 0.6) is 11.5 Å². The quantitative estimate of drug-likeness (QED) is 0.772. The molecule has 24 heavy (non-hydrogen) atoms. The van der Waals surface area contributed by atoms with Crippen molar-refractivity contribution in [2.75, 3.05) is 19.0 Å². The molecule has 0 atom stereocenters. The van der Waals surface area contributed by atoms with Gasteiger partial charge in [0.15, 0.2) is 11.5 Å². The Morgan fingerprint density at radius 2 is 1.92 bits per heavy atom. The highest BCUT2D eigenvalue weighted by Crippen LogP contribution is 2.28. The Hall–Kier alpha value is -2.82. The molecule has 126 valence electrons. The molecule has 0 saturated heterocycles. The first-order valence-corrected chi connectivity index (χ1v) is 7.68. The van der Waals surface area contributed by atoms with E-state index in [9.17, 15) is 9.18 Å². The molecule has 2 aromatic rings. The lowest BCUT2D eigenvalue weighted by Crippen LogP contribution is -2.07. The van der Waals surface area contributed by atoms with Crippen molar-refractivity contribution in [3.05, 3.63) is 59.9 Å². The Kier molecular flexibility index (Phi) is 6.37. The van der Waals surface area contributed by atoms with Crippen LogP contribution >= 0.6 is 0 Å². The molecule has 5 heteroatoms. The first kappa shape index (κ1) is 17.5. The average molecular weight is 329 g/mol. The SMILES string of the molecule is CCCOc1ccc(C=CC(=O)Nc2ccc(F)cc2)cc1OC. The summed E-state index contributed by atoms with van der Waals surface area (Å²) in [5.74, 6) is 0.643. The van der Waals surface area contributed by atoms with E-state index in [1.165, 1.54) is 30.3 Å². The van der Waals surface area contributed by atoms with E-state index in [0.717, 1.165) is 12.0 Å². The highest BCUT2D eigenvalue weighted by molar-refractivity contribution is 6.01. The summed E-state index contributed by atoms with van der Waals surface area (Å²) >= 11 is 0. The van der Waals surface area contributed by atoms with Crippen molar-refractivity contribution in [2.24, 2.45) is 0 Å². The minimum atomic E-state index is -0.346. The van der Waals surface area contributed by atoms with Crippen LogP contribution in [-0.4, -0.2) is 19.6 Å². The van der Waals surface area contributed by atoms with E-state index in [0.29, 0.717) is 23.8 Å². The molecule has 2 rings (SSSR count). The van der Waals surface area contributed by atoms with E-state index >= 15 is 0 Å². The Bertz CT molecular complexity index is 711. The number of carbonyl (C=O) groups is 1. The predicted octanol–water partition coefficient (Wildman–Crippen LogP) is 4.28. The molecule has 1 N–H and O–H groups in total. The van der Waals surface area contributed by atoms with E-state index in [1.54, 1.807) is 19.3 Å². The number of anilines is 1. The highest BCUT2D eigenvalue weighted by Gasteiger charge is 2.05. The molecular formula is C19H20FNO3. The first-order valence-electron chi connectivity index (χ1n) is 7.68. The van der Waals surface area contributed by atoms with E-state index in [2.05, 4.69) is 5.32 Å². The molecule has 2 aromatic carbocycles. The summed E-state index contributed by atoms with van der Waals surface area (Å²) < 4.78 is 23.7. The van der Waals surface area contributed by atoms with Crippen molar-refractivity contribution in [1.82, 2.24) is 0 Å². The van der Waals surface area contributed by atoms with Crippen molar-refractivity contribution >= 4 is 17.7 Å². The molecule has 0 spiro atoms. The smallest absolute Gasteiger partial charge is 0.248 e. The van der Waals surface area contributed by atoms with Crippen LogP contribution in [-0.2, 0) is 4.79 Å². The predicted molar refractivity (Wildman–Crippen MR) is 92.8 cm³/mol. The molecule has 0 bridgehead atoms. The Morgan fingerprint density at radius 1 is 1.17 bits per heavy atom. The molecule has 0 unspecified atom stereocenters. The van der Waals surface area contributed by atoms with Gasteiger partial charge in [0.2, 0.25) is 5.91 Å². The zero-order valence-corrected chi connectivity index (χ0v) is 13.7. The second kappa shape index (κ2) is 8.72. The number of amides is 1. The number of hydrogen-bond acceptors (Lipinski definition) is 3. The van der Waals surface area contributed by atoms with Gasteiger partial charge in [0.1, 0.15) is 5.82 Å². The van der Waals surface area contributed by atoms with Gasteiger partial charge in [0.25, 0.3) is 0 Å². The molecule has 0 aliphatic rings. The molecule has 0 aliphatic carbocycles. The molecule has 4 nitrogen and oxygen atoms in total. The van der Waals surface area contributed by atoms with Crippen LogP contribution in [0.15, 0.2) is 48.5 Å². The molecule has 0 fully saturated rings. The first-order chi connectivity index (χ1) is 11.6. The number of ether oxygens (including phenoxy) is 2. The minimum absolute atomic E-state index is 0.299. The van der Waals surface area contributed by atoms with Gasteiger partial charge in [-0.1, -0.05) is 13.0 Å². The standard InChI is InChI=1S/C19H20FNO3/c1-3-12-24-17-10-4-14(13-18(17)23-2)5-11-19(22)21-16-8-6-15(20)7-9-16/h4-11,13H,3,12H2,1-2H3,(H,21,22). The highest BCUT2D eigenvalue weighted by atomic mass is 19.1. The average Bonchev–Trinajstić information content (AvgIpc) is 2.60. The fraction of sp³-hybridized carbons (Fsp3) is 0.211. The van der Waals surface area contributed by atoms with Gasteiger partial charge in [0, 0.05) is 11.8 Å². The number of methoxy groups -OCH3 is 1. The summed E-state index contributed by atoms with van der Waals surface area (Å²) in [6, 6.07) is 11.0. The fourth-order valence-electron chi connectivity index (χ4n) is 2.01. The Morgan fingerprint density at radius 3 is 2.58 bits per heavy atom. The number of benzene rings is 2. The van der Waals surface area contributed by atoms with Crippen LogP contribution in [0.4, 0.5) is 10.1 Å². The molecule has 0 saturated carbocycles. The number of nitrogens with one attached hydrogen (secondary N) is 1. The van der Waals surface area contributed by atoms with Gasteiger partial charge in [0.05, 0.1) is 13.7 Å². The maximum absolute atomic E-state index is 12.8. The number of hydrogen-bond donors (Lipinski definition) is 1. The zero-order valence-electron chi connectivity index (χ0n) is 13.7. The van der Waals surface area contributed by atoms with Gasteiger partial charge >= 0.3 is 0 Å². The summed E-state index contributed by atoms with van der Waals surface area (Å²) in [5.41, 5.74) is 1.34. The lowest BCUT2D eigenvalue weighted by molar-refractivity contribution is -0.111. The maximum atomic E-state index is 12.8. The van der Waals surface area contributed by atoms with Gasteiger partial charge in [-0.3, -0.25) is 4.79 Å². The van der Waals surface area contributed by atoms with Gasteiger partial charge in [-0.2, -0.15) is 0 Å². The van der Waals surface area contributed by atoms with Crippen LogP contribution in [0.1, 0.15) is 18.9 Å². The van der Waals surface area contributed by atoms with E-state index < -0.39 is 0 Å². The molecule has 0 aromatic heterocycles. The largest absolute Gasteiger partial charge is 0.493 e. The van der Waals surface area contributed by atoms with Gasteiger partial charge in [-0.15, -0.1) is 0 Å². The second-order valence-electron chi connectivity index (χ2n) is 5.09. The number of halogens is 1. The zero-order chi connectivity index (χ0) is 17.4. The molecule has 1 amide bonds. The van der Waals surface area contributed by atoms with Crippen LogP contribution in [0.25, 0.3) is 6.08 Å². The maximum Gasteiger partial charge on any atom is 0.248 e. The molecule has 0 aliphatic heterocycles. The van der Waals surface area contributed by atoms with Gasteiger partial charge < -0.3 is 14.8 Å². The van der Waals surface area contributed by atoms with Crippen molar-refractivity contribution < 1.29 is 18.7 Å². The van der Waals surface area contributed by atoms with Crippen LogP contribution in [0, 0.1) is 5.82 Å². The van der Waals surface area contributed by atoms with Crippen molar-refractivity contribution in [1.29, 1.82) is 0 Å². The third kappa shape index (κ3) is 5.12. The summed E-state index contributed by atoms with van der Waals surface area (Å²) in [6.45, 7) is 2.65. The van der Waals surface area contributed by atoms with Crippen LogP contribution in [0.2, 0.25) is 0 Å². The third-order valence-corrected chi connectivity index (χ3v) is 3.19. The summed E-state index contributed by atoms with van der Waals surface area (Å²) in [7, 11) is 1.57. The normalized spacial score (nSPS) is 10.6. The minimum Gasteiger partial charge on any atom is -0.493 e. The summed E-state index contributed by atoms with van der Waals surface area (Å²) in [5, 5.41) is 2.66. The van der Waals surface area contributed by atoms with E-state index in [-0.39, 0.29) is 11.7 Å². The molecule has 0 heterocycles. The summed E-state index contributed by atoms with van der Waals surface area (Å²) in [4.78, 5) is 11.9. The van der Waals surface area contributed by atoms with E-state index in [4.69, 9.17) is 9.47 Å². The van der Waals surface area contributed by atoms with Crippen molar-refractivity contribution in [2.45, 2.75) is 13.3 Å². The van der Waals surface area contributed by atoms with Gasteiger partial charge in [-0.05, 0) is 54.5 Å². The van der Waals surface area contributed by atoms with Crippen LogP contribution < -0.4 is 14.8 Å². The lowest BCUT2D eigenvalue weighted by Gasteiger charge is -2.10. The number of carbonyl (C=O) groups excluding carboxylic acids is 1. The second-order valence-corrected chi connectivity index (χ2v) is 5.09. The molecule has 0 radical (unpaired) electrons. The monoisotopic (exact) mass is 329 g/mol. The topological polar surface area (TPSA) is 47.6 Å². The fourth-order valence-corrected chi connectivity index (χ4v) is 2.01. The van der Waals surface area contributed by atoms with Gasteiger partial charge in [-0.25, -0.2) is 4.39 Å². The Labute approximate surface area is 140 Å². The summed E-state index contributed by atoms with van der Waals surface area (Å²) in [6.07, 6.45) is 3.99. The lowest BCUT2D eigenvalue weighted by atomic mass is 10.2. The Balaban J connectivity index is 2.02. The van der Waals surface area contributed by atoms with E-state index in [1.807, 2.05) is 19.1 Å². The number of rotatable bonds is 7. The molecular weight excluding hydrogens is 309 g/mol.